The molecule has 1 aliphatic rings. The highest BCUT2D eigenvalue weighted by atomic mass is 16.3. The fraction of sp³-hybridized carbons (Fsp3) is 0.611. The van der Waals surface area contributed by atoms with Crippen LogP contribution in [0.3, 0.4) is 0 Å². The standard InChI is InChI=1S/C18H28N2O2/c1-18(2,22)11-9-14-5-7-15(8-6-14)17(21)20(4)16-10-12-19(3)13-16/h5-8,16,22H,9-13H2,1-4H3/t16-/m1/s1. The Morgan fingerprint density at radius 1 is 1.36 bits per heavy atom. The molecule has 0 unspecified atom stereocenters. The largest absolute Gasteiger partial charge is 0.390 e. The number of carbonyl (C=O) groups is 1. The normalized spacial score (nSPS) is 19.4. The summed E-state index contributed by atoms with van der Waals surface area (Å²) in [7, 11) is 3.99. The van der Waals surface area contributed by atoms with Crippen LogP contribution in [0.2, 0.25) is 0 Å². The predicted molar refractivity (Wildman–Crippen MR) is 89.1 cm³/mol. The van der Waals surface area contributed by atoms with Crippen LogP contribution in [0.1, 0.15) is 42.6 Å². The van der Waals surface area contributed by atoms with Crippen LogP contribution in [-0.2, 0) is 6.42 Å². The second kappa shape index (κ2) is 6.80. The Hall–Kier alpha value is -1.39. The summed E-state index contributed by atoms with van der Waals surface area (Å²) in [6.45, 7) is 5.64. The molecule has 1 N–H and O–H groups in total. The minimum absolute atomic E-state index is 0.0920. The fourth-order valence-corrected chi connectivity index (χ4v) is 2.86. The maximum Gasteiger partial charge on any atom is 0.253 e. The van der Waals surface area contributed by atoms with Gasteiger partial charge in [0.1, 0.15) is 0 Å². The third kappa shape index (κ3) is 4.55. The van der Waals surface area contributed by atoms with Crippen LogP contribution in [-0.4, -0.2) is 59.6 Å². The van der Waals surface area contributed by atoms with Crippen molar-refractivity contribution in [1.29, 1.82) is 0 Å². The molecule has 1 aromatic rings. The molecule has 4 heteroatoms. The summed E-state index contributed by atoms with van der Waals surface area (Å²) in [6, 6.07) is 8.10. The topological polar surface area (TPSA) is 43.8 Å². The smallest absolute Gasteiger partial charge is 0.253 e. The highest BCUT2D eigenvalue weighted by Gasteiger charge is 2.26. The second-order valence-corrected chi connectivity index (χ2v) is 7.13. The molecule has 0 radical (unpaired) electrons. The van der Waals surface area contributed by atoms with Crippen LogP contribution in [0.25, 0.3) is 0 Å². The number of aliphatic hydroxyl groups is 1. The van der Waals surface area contributed by atoms with Crippen molar-refractivity contribution < 1.29 is 9.90 Å². The van der Waals surface area contributed by atoms with E-state index in [0.717, 1.165) is 37.1 Å². The van der Waals surface area contributed by atoms with E-state index in [1.54, 1.807) is 0 Å². The number of likely N-dealkylation sites (tertiary alicyclic amines) is 1. The average molecular weight is 304 g/mol. The van der Waals surface area contributed by atoms with Crippen molar-refractivity contribution >= 4 is 5.91 Å². The van der Waals surface area contributed by atoms with Gasteiger partial charge in [0.2, 0.25) is 0 Å². The Morgan fingerprint density at radius 2 is 2.00 bits per heavy atom. The van der Waals surface area contributed by atoms with Gasteiger partial charge in [-0.2, -0.15) is 0 Å². The zero-order valence-electron chi connectivity index (χ0n) is 14.2. The van der Waals surface area contributed by atoms with Gasteiger partial charge >= 0.3 is 0 Å². The molecule has 0 saturated carbocycles. The number of carbonyl (C=O) groups excluding carboxylic acids is 1. The van der Waals surface area contributed by atoms with E-state index in [-0.39, 0.29) is 5.91 Å². The molecule has 0 aromatic heterocycles. The molecule has 1 amide bonds. The number of hydrogen-bond donors (Lipinski definition) is 1. The Labute approximate surface area is 133 Å². The van der Waals surface area contributed by atoms with E-state index in [1.165, 1.54) is 0 Å². The zero-order chi connectivity index (χ0) is 16.3. The Kier molecular flexibility index (Phi) is 5.24. The van der Waals surface area contributed by atoms with Crippen molar-refractivity contribution in [3.63, 3.8) is 0 Å². The van der Waals surface area contributed by atoms with E-state index in [0.29, 0.717) is 12.5 Å². The van der Waals surface area contributed by atoms with Gasteiger partial charge in [-0.15, -0.1) is 0 Å². The van der Waals surface area contributed by atoms with Crippen molar-refractivity contribution in [2.75, 3.05) is 27.2 Å². The third-order valence-electron chi connectivity index (χ3n) is 4.46. The number of benzene rings is 1. The fourth-order valence-electron chi connectivity index (χ4n) is 2.86. The summed E-state index contributed by atoms with van der Waals surface area (Å²) in [5.74, 6) is 0.0920. The first kappa shape index (κ1) is 17.0. The molecule has 0 bridgehead atoms. The molecule has 1 aliphatic heterocycles. The molecule has 1 aromatic carbocycles. The van der Waals surface area contributed by atoms with Gasteiger partial charge in [0, 0.05) is 25.2 Å². The van der Waals surface area contributed by atoms with E-state index >= 15 is 0 Å². The van der Waals surface area contributed by atoms with E-state index in [4.69, 9.17) is 0 Å². The Morgan fingerprint density at radius 3 is 2.50 bits per heavy atom. The lowest BCUT2D eigenvalue weighted by atomic mass is 9.98. The van der Waals surface area contributed by atoms with E-state index in [1.807, 2.05) is 50.1 Å². The van der Waals surface area contributed by atoms with E-state index < -0.39 is 5.60 Å². The SMILES string of the molecule is CN1CC[C@@H](N(C)C(=O)c2ccc(CCC(C)(C)O)cc2)C1. The zero-order valence-corrected chi connectivity index (χ0v) is 14.2. The Balaban J connectivity index is 1.96. The molecule has 4 nitrogen and oxygen atoms in total. The number of likely N-dealkylation sites (N-methyl/N-ethyl adjacent to an activating group) is 2. The lowest BCUT2D eigenvalue weighted by molar-refractivity contribution is 0.0710. The minimum Gasteiger partial charge on any atom is -0.390 e. The molecule has 0 spiro atoms. The molecule has 22 heavy (non-hydrogen) atoms. The van der Waals surface area contributed by atoms with Gasteiger partial charge in [-0.25, -0.2) is 0 Å². The van der Waals surface area contributed by atoms with Gasteiger partial charge in [0.05, 0.1) is 5.60 Å². The predicted octanol–water partition coefficient (Wildman–Crippen LogP) is 2.17. The van der Waals surface area contributed by atoms with Crippen LogP contribution in [0, 0.1) is 0 Å². The molecule has 1 atom stereocenters. The van der Waals surface area contributed by atoms with Crippen LogP contribution in [0.5, 0.6) is 0 Å². The van der Waals surface area contributed by atoms with Gasteiger partial charge in [0.15, 0.2) is 0 Å². The molecule has 0 aliphatic carbocycles. The number of aryl methyl sites for hydroxylation is 1. The van der Waals surface area contributed by atoms with Gasteiger partial charge < -0.3 is 14.9 Å². The molecule has 122 valence electrons. The summed E-state index contributed by atoms with van der Waals surface area (Å²) in [6.07, 6.45) is 2.58. The third-order valence-corrected chi connectivity index (χ3v) is 4.46. The molecular weight excluding hydrogens is 276 g/mol. The molecule has 1 heterocycles. The van der Waals surface area contributed by atoms with Crippen LogP contribution in [0.4, 0.5) is 0 Å². The first-order chi connectivity index (χ1) is 10.3. The number of nitrogens with zero attached hydrogens (tertiary/aromatic N) is 2. The highest BCUT2D eigenvalue weighted by Crippen LogP contribution is 2.17. The van der Waals surface area contributed by atoms with Crippen LogP contribution < -0.4 is 0 Å². The van der Waals surface area contributed by atoms with Crippen molar-refractivity contribution in [3.05, 3.63) is 35.4 Å². The van der Waals surface area contributed by atoms with Crippen molar-refractivity contribution in [2.45, 2.75) is 44.8 Å². The Bertz CT molecular complexity index is 505. The van der Waals surface area contributed by atoms with Crippen LogP contribution in [0.15, 0.2) is 24.3 Å². The van der Waals surface area contributed by atoms with Gasteiger partial charge in [-0.05, 0) is 64.4 Å². The number of rotatable bonds is 5. The maximum atomic E-state index is 12.5. The first-order valence-electron chi connectivity index (χ1n) is 8.03. The summed E-state index contributed by atoms with van der Waals surface area (Å²) >= 11 is 0. The molecular formula is C18H28N2O2. The quantitative estimate of drug-likeness (QED) is 0.906. The summed E-state index contributed by atoms with van der Waals surface area (Å²) < 4.78 is 0. The van der Waals surface area contributed by atoms with E-state index in [9.17, 15) is 9.90 Å². The monoisotopic (exact) mass is 304 g/mol. The van der Waals surface area contributed by atoms with Gasteiger partial charge in [-0.1, -0.05) is 12.1 Å². The summed E-state index contributed by atoms with van der Waals surface area (Å²) in [5, 5.41) is 9.77. The number of hydrogen-bond acceptors (Lipinski definition) is 3. The summed E-state index contributed by atoms with van der Waals surface area (Å²) in [5.41, 5.74) is 1.24. The lowest BCUT2D eigenvalue weighted by Crippen LogP contribution is -2.38. The average Bonchev–Trinajstić information content (AvgIpc) is 2.90. The van der Waals surface area contributed by atoms with Gasteiger partial charge in [-0.3, -0.25) is 4.79 Å². The van der Waals surface area contributed by atoms with Crippen LogP contribution >= 0.6 is 0 Å². The highest BCUT2D eigenvalue weighted by molar-refractivity contribution is 5.94. The number of amides is 1. The lowest BCUT2D eigenvalue weighted by Gasteiger charge is -2.24. The maximum absolute atomic E-state index is 12.5. The molecule has 1 saturated heterocycles. The van der Waals surface area contributed by atoms with Gasteiger partial charge in [0.25, 0.3) is 5.91 Å². The van der Waals surface area contributed by atoms with E-state index in [2.05, 4.69) is 11.9 Å². The minimum atomic E-state index is -0.650. The summed E-state index contributed by atoms with van der Waals surface area (Å²) in [4.78, 5) is 16.7. The van der Waals surface area contributed by atoms with Crippen molar-refractivity contribution in [1.82, 2.24) is 9.80 Å². The van der Waals surface area contributed by atoms with Crippen molar-refractivity contribution in [3.8, 4) is 0 Å². The molecule has 2 rings (SSSR count). The molecule has 1 fully saturated rings. The second-order valence-electron chi connectivity index (χ2n) is 7.13. The first-order valence-corrected chi connectivity index (χ1v) is 8.03. The van der Waals surface area contributed by atoms with Crippen molar-refractivity contribution in [2.24, 2.45) is 0 Å².